The summed E-state index contributed by atoms with van der Waals surface area (Å²) in [6, 6.07) is 14.2. The zero-order valence-corrected chi connectivity index (χ0v) is 20.0. The van der Waals surface area contributed by atoms with Gasteiger partial charge in [0.1, 0.15) is 18.0 Å². The molecule has 0 aliphatic carbocycles. The summed E-state index contributed by atoms with van der Waals surface area (Å²) in [5.41, 5.74) is 1.72. The number of amides is 1. The molecule has 1 aromatic carbocycles. The Balaban J connectivity index is 0.00000166. The minimum atomic E-state index is -0.486. The smallest absolute Gasteiger partial charge is 0.410 e. The Morgan fingerprint density at radius 3 is 2.42 bits per heavy atom. The Kier molecular flexibility index (Phi) is 8.72. The molecule has 2 heterocycles. The van der Waals surface area contributed by atoms with Gasteiger partial charge in [-0.25, -0.2) is 4.79 Å². The summed E-state index contributed by atoms with van der Waals surface area (Å²) in [5, 5.41) is 0. The molecule has 1 aliphatic rings. The number of nitrogens with zero attached hydrogens (tertiary/aromatic N) is 3. The highest BCUT2D eigenvalue weighted by molar-refractivity contribution is 5.68. The third-order valence-corrected chi connectivity index (χ3v) is 4.74. The maximum absolute atomic E-state index is 12.4. The Bertz CT molecular complexity index is 834. The topological polar surface area (TPSA) is 54.9 Å². The molecule has 1 atom stereocenters. The second-order valence-electron chi connectivity index (χ2n) is 8.58. The predicted octanol–water partition coefficient (Wildman–Crippen LogP) is 5.44. The molecule has 6 heteroatoms. The van der Waals surface area contributed by atoms with Crippen LogP contribution >= 0.6 is 0 Å². The fourth-order valence-electron chi connectivity index (χ4n) is 3.36. The van der Waals surface area contributed by atoms with Crippen LogP contribution in [0.1, 0.15) is 52.7 Å². The van der Waals surface area contributed by atoms with E-state index in [2.05, 4.69) is 17.9 Å². The van der Waals surface area contributed by atoms with Crippen molar-refractivity contribution >= 4 is 11.9 Å². The van der Waals surface area contributed by atoms with Gasteiger partial charge in [-0.3, -0.25) is 0 Å². The predicted molar refractivity (Wildman–Crippen MR) is 126 cm³/mol. The molecule has 2 aromatic rings. The summed E-state index contributed by atoms with van der Waals surface area (Å²) in [5.74, 6) is 1.50. The van der Waals surface area contributed by atoms with E-state index < -0.39 is 5.60 Å². The Hall–Kier alpha value is -2.76. The zero-order chi connectivity index (χ0) is 23.0. The van der Waals surface area contributed by atoms with Crippen LogP contribution in [0.15, 0.2) is 42.5 Å². The van der Waals surface area contributed by atoms with Crippen LogP contribution < -0.4 is 9.64 Å². The van der Waals surface area contributed by atoms with Gasteiger partial charge in [0, 0.05) is 31.7 Å². The normalized spacial score (nSPS) is 16.3. The van der Waals surface area contributed by atoms with Crippen molar-refractivity contribution < 1.29 is 14.3 Å². The largest absolute Gasteiger partial charge is 0.473 e. The van der Waals surface area contributed by atoms with Gasteiger partial charge < -0.3 is 19.3 Å². The molecule has 0 spiro atoms. The van der Waals surface area contributed by atoms with Crippen molar-refractivity contribution in [2.45, 2.75) is 66.7 Å². The van der Waals surface area contributed by atoms with E-state index in [1.165, 1.54) is 0 Å². The molecule has 0 N–H and O–H groups in total. The third kappa shape index (κ3) is 7.46. The Labute approximate surface area is 187 Å². The highest BCUT2D eigenvalue weighted by atomic mass is 16.6. The highest BCUT2D eigenvalue weighted by Gasteiger charge is 2.30. The van der Waals surface area contributed by atoms with Crippen molar-refractivity contribution in [2.75, 3.05) is 24.5 Å². The first-order valence-corrected chi connectivity index (χ1v) is 11.1. The molecule has 0 bridgehead atoms. The average Bonchev–Trinajstić information content (AvgIpc) is 2.73. The summed E-state index contributed by atoms with van der Waals surface area (Å²) >= 11 is 0. The van der Waals surface area contributed by atoms with Crippen molar-refractivity contribution in [2.24, 2.45) is 0 Å². The zero-order valence-electron chi connectivity index (χ0n) is 20.0. The molecular weight excluding hydrogens is 390 g/mol. The number of carbonyl (C=O) groups excluding carboxylic acids is 1. The van der Waals surface area contributed by atoms with Gasteiger partial charge in [0.2, 0.25) is 5.88 Å². The standard InChI is InChI=1S/C23H31N3O3.C2H6/c1-17-13-20(24-21(14-17)28-16-19-9-7-6-8-10-19)26-12-11-25(15-18(26)2)22(27)29-23(3,4)5;1-2/h6-10,13-14,18H,11-12,15-16H2,1-5H3;1-2H3. The minimum absolute atomic E-state index is 0.132. The molecule has 3 rings (SSSR count). The first kappa shape index (κ1) is 24.5. The maximum Gasteiger partial charge on any atom is 0.410 e. The fraction of sp³-hybridized carbons (Fsp3) is 0.520. The van der Waals surface area contributed by atoms with Gasteiger partial charge >= 0.3 is 6.09 Å². The van der Waals surface area contributed by atoms with Gasteiger partial charge in [-0.05, 0) is 51.8 Å². The van der Waals surface area contributed by atoms with Gasteiger partial charge in [-0.2, -0.15) is 4.98 Å². The third-order valence-electron chi connectivity index (χ3n) is 4.74. The van der Waals surface area contributed by atoms with Gasteiger partial charge in [-0.1, -0.05) is 44.2 Å². The number of hydrogen-bond acceptors (Lipinski definition) is 5. The molecule has 1 unspecified atom stereocenters. The fourth-order valence-corrected chi connectivity index (χ4v) is 3.36. The number of pyridine rings is 1. The van der Waals surface area contributed by atoms with Crippen LogP contribution in [0.5, 0.6) is 5.88 Å². The van der Waals surface area contributed by atoms with Crippen molar-refractivity contribution in [1.29, 1.82) is 0 Å². The summed E-state index contributed by atoms with van der Waals surface area (Å²) in [6.45, 7) is 16.2. The molecule has 170 valence electrons. The van der Waals surface area contributed by atoms with E-state index in [4.69, 9.17) is 14.5 Å². The highest BCUT2D eigenvalue weighted by Crippen LogP contribution is 2.24. The second kappa shape index (κ2) is 11.0. The summed E-state index contributed by atoms with van der Waals surface area (Å²) in [4.78, 5) is 21.1. The van der Waals surface area contributed by atoms with Gasteiger partial charge in [0.05, 0.1) is 0 Å². The van der Waals surface area contributed by atoms with E-state index >= 15 is 0 Å². The minimum Gasteiger partial charge on any atom is -0.473 e. The molecule has 1 aromatic heterocycles. The van der Waals surface area contributed by atoms with E-state index in [1.807, 2.05) is 77.9 Å². The van der Waals surface area contributed by atoms with Crippen molar-refractivity contribution in [1.82, 2.24) is 9.88 Å². The number of aryl methyl sites for hydroxylation is 1. The first-order chi connectivity index (χ1) is 14.7. The molecule has 0 saturated carbocycles. The van der Waals surface area contributed by atoms with Crippen LogP contribution in [0, 0.1) is 6.92 Å². The molecule has 1 fully saturated rings. The number of carbonyl (C=O) groups is 1. The number of aromatic nitrogens is 1. The number of hydrogen-bond donors (Lipinski definition) is 0. The Morgan fingerprint density at radius 1 is 1.13 bits per heavy atom. The maximum atomic E-state index is 12.4. The quantitative estimate of drug-likeness (QED) is 0.650. The van der Waals surface area contributed by atoms with E-state index in [9.17, 15) is 4.79 Å². The van der Waals surface area contributed by atoms with Crippen LogP contribution in [0.4, 0.5) is 10.6 Å². The van der Waals surface area contributed by atoms with E-state index in [0.29, 0.717) is 32.1 Å². The lowest BCUT2D eigenvalue weighted by Gasteiger charge is -2.40. The van der Waals surface area contributed by atoms with Crippen molar-refractivity contribution in [3.8, 4) is 5.88 Å². The monoisotopic (exact) mass is 427 g/mol. The lowest BCUT2D eigenvalue weighted by atomic mass is 10.1. The van der Waals surface area contributed by atoms with Gasteiger partial charge in [0.25, 0.3) is 0 Å². The second-order valence-corrected chi connectivity index (χ2v) is 8.58. The lowest BCUT2D eigenvalue weighted by Crippen LogP contribution is -2.54. The van der Waals surface area contributed by atoms with Crippen LogP contribution in [0.3, 0.4) is 0 Å². The van der Waals surface area contributed by atoms with Crippen LogP contribution in [0.25, 0.3) is 0 Å². The van der Waals surface area contributed by atoms with Crippen LogP contribution in [0.2, 0.25) is 0 Å². The number of piperazine rings is 1. The first-order valence-electron chi connectivity index (χ1n) is 11.1. The van der Waals surface area contributed by atoms with Crippen molar-refractivity contribution in [3.05, 3.63) is 53.6 Å². The summed E-state index contributed by atoms with van der Waals surface area (Å²) in [6.07, 6.45) is -0.256. The van der Waals surface area contributed by atoms with Crippen molar-refractivity contribution in [3.63, 3.8) is 0 Å². The molecule has 1 amide bonds. The van der Waals surface area contributed by atoms with Gasteiger partial charge in [-0.15, -0.1) is 0 Å². The molecule has 6 nitrogen and oxygen atoms in total. The lowest BCUT2D eigenvalue weighted by molar-refractivity contribution is 0.0218. The molecule has 0 radical (unpaired) electrons. The molecular formula is C25H37N3O3. The van der Waals surface area contributed by atoms with E-state index in [0.717, 1.165) is 16.9 Å². The number of rotatable bonds is 4. The molecule has 31 heavy (non-hydrogen) atoms. The average molecular weight is 428 g/mol. The van der Waals surface area contributed by atoms with E-state index in [-0.39, 0.29) is 12.1 Å². The van der Waals surface area contributed by atoms with Crippen LogP contribution in [-0.2, 0) is 11.3 Å². The summed E-state index contributed by atoms with van der Waals surface area (Å²) in [7, 11) is 0. The van der Waals surface area contributed by atoms with Crippen LogP contribution in [-0.4, -0.2) is 47.3 Å². The number of ether oxygens (including phenoxy) is 2. The number of anilines is 1. The Morgan fingerprint density at radius 2 is 1.81 bits per heavy atom. The number of benzene rings is 1. The molecule has 1 saturated heterocycles. The molecule has 1 aliphatic heterocycles. The van der Waals surface area contributed by atoms with Gasteiger partial charge in [0.15, 0.2) is 0 Å². The SMILES string of the molecule is CC.Cc1cc(OCc2ccccc2)nc(N2CCN(C(=O)OC(C)(C)C)CC2C)c1. The van der Waals surface area contributed by atoms with E-state index in [1.54, 1.807) is 4.90 Å². The summed E-state index contributed by atoms with van der Waals surface area (Å²) < 4.78 is 11.4.